The van der Waals surface area contributed by atoms with Gasteiger partial charge in [0.1, 0.15) is 5.75 Å². The number of amides is 1. The van der Waals surface area contributed by atoms with Crippen LogP contribution >= 0.6 is 11.6 Å². The Bertz CT molecular complexity index is 777. The fraction of sp³-hybridized carbons (Fsp3) is 0.111. The smallest absolute Gasteiger partial charge is 0.387 e. The van der Waals surface area contributed by atoms with E-state index in [0.717, 1.165) is 6.08 Å². The molecule has 26 heavy (non-hydrogen) atoms. The lowest BCUT2D eigenvalue weighted by molar-refractivity contribution is -0.142. The predicted octanol–water partition coefficient (Wildman–Crippen LogP) is 4.14. The lowest BCUT2D eigenvalue weighted by atomic mass is 10.2. The summed E-state index contributed by atoms with van der Waals surface area (Å²) in [5.41, 5.74) is 1.10. The number of carbonyl (C=O) groups is 2. The summed E-state index contributed by atoms with van der Waals surface area (Å²) in [5, 5.41) is 3.08. The number of rotatable bonds is 7. The van der Waals surface area contributed by atoms with Crippen molar-refractivity contribution in [2.24, 2.45) is 0 Å². The Balaban J connectivity index is 1.77. The number of ether oxygens (including phenoxy) is 2. The summed E-state index contributed by atoms with van der Waals surface area (Å²) in [6.07, 6.45) is 2.55. The molecule has 0 aliphatic heterocycles. The number of benzene rings is 2. The summed E-state index contributed by atoms with van der Waals surface area (Å²) < 4.78 is 33.1. The van der Waals surface area contributed by atoms with Gasteiger partial charge in [-0.25, -0.2) is 4.79 Å². The van der Waals surface area contributed by atoms with Gasteiger partial charge in [0.2, 0.25) is 0 Å². The molecule has 2 aromatic carbocycles. The van der Waals surface area contributed by atoms with E-state index in [-0.39, 0.29) is 5.75 Å². The first-order valence-electron chi connectivity index (χ1n) is 7.37. The average Bonchev–Trinajstić information content (AvgIpc) is 2.61. The lowest BCUT2D eigenvalue weighted by Crippen LogP contribution is -2.20. The van der Waals surface area contributed by atoms with Crippen LogP contribution in [0.25, 0.3) is 6.08 Å². The molecule has 0 saturated carbocycles. The van der Waals surface area contributed by atoms with Crippen LogP contribution in [-0.2, 0) is 14.3 Å². The van der Waals surface area contributed by atoms with Gasteiger partial charge < -0.3 is 14.8 Å². The highest BCUT2D eigenvalue weighted by molar-refractivity contribution is 6.30. The number of halogens is 3. The van der Waals surface area contributed by atoms with Gasteiger partial charge in [0.15, 0.2) is 6.61 Å². The topological polar surface area (TPSA) is 64.6 Å². The summed E-state index contributed by atoms with van der Waals surface area (Å²) in [4.78, 5) is 23.3. The Morgan fingerprint density at radius 3 is 2.35 bits per heavy atom. The number of alkyl halides is 2. The summed E-state index contributed by atoms with van der Waals surface area (Å²) in [6.45, 7) is -3.35. The van der Waals surface area contributed by atoms with Crippen LogP contribution in [0.4, 0.5) is 14.5 Å². The minimum atomic E-state index is -2.90. The van der Waals surface area contributed by atoms with Gasteiger partial charge in [-0.05, 0) is 48.0 Å². The molecule has 0 atom stereocenters. The minimum Gasteiger partial charge on any atom is -0.452 e. The van der Waals surface area contributed by atoms with E-state index in [4.69, 9.17) is 16.3 Å². The first-order valence-corrected chi connectivity index (χ1v) is 7.75. The standard InChI is InChI=1S/C18H14ClF2NO4/c19-13-4-6-14(7-5-13)22-16(23)11-25-17(24)10-3-12-1-8-15(9-2-12)26-18(20)21/h1-10,18H,11H2,(H,22,23)/b10-3+. The Hall–Kier alpha value is -2.93. The molecule has 136 valence electrons. The number of hydrogen-bond donors (Lipinski definition) is 1. The number of anilines is 1. The highest BCUT2D eigenvalue weighted by Crippen LogP contribution is 2.16. The van der Waals surface area contributed by atoms with Gasteiger partial charge in [0.25, 0.3) is 5.91 Å². The zero-order valence-electron chi connectivity index (χ0n) is 13.3. The normalized spacial score (nSPS) is 10.8. The summed E-state index contributed by atoms with van der Waals surface area (Å²) >= 11 is 5.74. The molecule has 2 aromatic rings. The minimum absolute atomic E-state index is 0.0126. The van der Waals surface area contributed by atoms with Crippen LogP contribution in [0, 0.1) is 0 Å². The third kappa shape index (κ3) is 6.90. The molecule has 2 rings (SSSR count). The van der Waals surface area contributed by atoms with Crippen molar-refractivity contribution in [2.75, 3.05) is 11.9 Å². The van der Waals surface area contributed by atoms with Gasteiger partial charge in [0, 0.05) is 16.8 Å². The van der Waals surface area contributed by atoms with Crippen LogP contribution in [0.15, 0.2) is 54.6 Å². The van der Waals surface area contributed by atoms with Crippen molar-refractivity contribution in [1.82, 2.24) is 0 Å². The lowest BCUT2D eigenvalue weighted by Gasteiger charge is -2.05. The van der Waals surface area contributed by atoms with Crippen molar-refractivity contribution in [1.29, 1.82) is 0 Å². The second-order valence-electron chi connectivity index (χ2n) is 4.94. The molecular formula is C18H14ClF2NO4. The highest BCUT2D eigenvalue weighted by atomic mass is 35.5. The summed E-state index contributed by atoms with van der Waals surface area (Å²) in [6, 6.07) is 12.1. The van der Waals surface area contributed by atoms with E-state index in [2.05, 4.69) is 10.1 Å². The van der Waals surface area contributed by atoms with Crippen molar-refractivity contribution in [3.05, 3.63) is 65.2 Å². The largest absolute Gasteiger partial charge is 0.452 e. The number of hydrogen-bond acceptors (Lipinski definition) is 4. The van der Waals surface area contributed by atoms with Crippen molar-refractivity contribution in [2.45, 2.75) is 6.61 Å². The van der Waals surface area contributed by atoms with Crippen LogP contribution in [0.3, 0.4) is 0 Å². The van der Waals surface area contributed by atoms with Crippen molar-refractivity contribution < 1.29 is 27.8 Å². The van der Waals surface area contributed by atoms with E-state index in [9.17, 15) is 18.4 Å². The molecular weight excluding hydrogens is 368 g/mol. The fourth-order valence-corrected chi connectivity index (χ4v) is 1.97. The molecule has 0 saturated heterocycles. The van der Waals surface area contributed by atoms with E-state index < -0.39 is 25.1 Å². The van der Waals surface area contributed by atoms with Gasteiger partial charge >= 0.3 is 12.6 Å². The van der Waals surface area contributed by atoms with Gasteiger partial charge in [-0.2, -0.15) is 8.78 Å². The Morgan fingerprint density at radius 1 is 1.08 bits per heavy atom. The molecule has 0 aliphatic carbocycles. The average molecular weight is 382 g/mol. The Kier molecular flexibility index (Phi) is 7.11. The molecule has 1 amide bonds. The third-order valence-corrected chi connectivity index (χ3v) is 3.24. The van der Waals surface area contributed by atoms with E-state index in [1.54, 1.807) is 24.3 Å². The van der Waals surface area contributed by atoms with Gasteiger partial charge in [-0.1, -0.05) is 23.7 Å². The fourth-order valence-electron chi connectivity index (χ4n) is 1.84. The van der Waals surface area contributed by atoms with E-state index >= 15 is 0 Å². The van der Waals surface area contributed by atoms with E-state index in [0.29, 0.717) is 16.3 Å². The van der Waals surface area contributed by atoms with Gasteiger partial charge in [-0.3, -0.25) is 4.79 Å². The molecule has 0 bridgehead atoms. The van der Waals surface area contributed by atoms with Crippen LogP contribution in [0.2, 0.25) is 5.02 Å². The summed E-state index contributed by atoms with van der Waals surface area (Å²) in [7, 11) is 0. The van der Waals surface area contributed by atoms with Gasteiger partial charge in [-0.15, -0.1) is 0 Å². The first kappa shape index (κ1) is 19.4. The second-order valence-corrected chi connectivity index (χ2v) is 5.38. The zero-order valence-corrected chi connectivity index (χ0v) is 14.1. The third-order valence-electron chi connectivity index (χ3n) is 2.99. The number of esters is 1. The van der Waals surface area contributed by atoms with Crippen molar-refractivity contribution in [3.63, 3.8) is 0 Å². The van der Waals surface area contributed by atoms with E-state index in [1.165, 1.54) is 30.3 Å². The highest BCUT2D eigenvalue weighted by Gasteiger charge is 2.06. The maximum Gasteiger partial charge on any atom is 0.387 e. The SMILES string of the molecule is O=C(COC(=O)/C=C/c1ccc(OC(F)F)cc1)Nc1ccc(Cl)cc1. The molecule has 0 unspecified atom stereocenters. The molecule has 1 N–H and O–H groups in total. The summed E-state index contributed by atoms with van der Waals surface area (Å²) in [5.74, 6) is -1.20. The maximum absolute atomic E-state index is 12.0. The second kappa shape index (κ2) is 9.53. The molecule has 5 nitrogen and oxygen atoms in total. The molecule has 0 radical (unpaired) electrons. The monoisotopic (exact) mass is 381 g/mol. The Morgan fingerprint density at radius 2 is 1.73 bits per heavy atom. The molecule has 0 aliphatic rings. The van der Waals surface area contributed by atoms with Crippen molar-refractivity contribution >= 4 is 35.2 Å². The number of carbonyl (C=O) groups excluding carboxylic acids is 2. The molecule has 0 spiro atoms. The van der Waals surface area contributed by atoms with Crippen LogP contribution < -0.4 is 10.1 Å². The first-order chi connectivity index (χ1) is 12.4. The predicted molar refractivity (Wildman–Crippen MR) is 93.1 cm³/mol. The quantitative estimate of drug-likeness (QED) is 0.578. The molecule has 8 heteroatoms. The van der Waals surface area contributed by atoms with Crippen molar-refractivity contribution in [3.8, 4) is 5.75 Å². The van der Waals surface area contributed by atoms with E-state index in [1.807, 2.05) is 0 Å². The number of nitrogens with one attached hydrogen (secondary N) is 1. The molecule has 0 fully saturated rings. The van der Waals surface area contributed by atoms with Crippen LogP contribution in [-0.4, -0.2) is 25.1 Å². The molecule has 0 heterocycles. The maximum atomic E-state index is 12.0. The Labute approximate surface area is 153 Å². The molecule has 0 aromatic heterocycles. The zero-order chi connectivity index (χ0) is 18.9. The van der Waals surface area contributed by atoms with Crippen LogP contribution in [0.5, 0.6) is 5.75 Å². The van der Waals surface area contributed by atoms with Gasteiger partial charge in [0.05, 0.1) is 0 Å². The van der Waals surface area contributed by atoms with Crippen LogP contribution in [0.1, 0.15) is 5.56 Å².